The second-order valence-electron chi connectivity index (χ2n) is 1.11. The molecule has 1 N–H and O–H groups in total. The van der Waals surface area contributed by atoms with Crippen LogP contribution in [0.15, 0.2) is 6.20 Å². The molecule has 4 heteroatoms. The van der Waals surface area contributed by atoms with Crippen molar-refractivity contribution in [2.75, 3.05) is 5.83 Å². The Morgan fingerprint density at radius 3 is 2.38 bits per heavy atom. The number of rotatable bonds is 0. The minimum atomic E-state index is 0.926. The normalized spacial score (nSPS) is 7.38. The van der Waals surface area contributed by atoms with Crippen molar-refractivity contribution in [3.8, 4) is 0 Å². The Balaban J connectivity index is 0.000000222. The first kappa shape index (κ1) is 7.62. The second-order valence-corrected chi connectivity index (χ2v) is 1.11. The molecule has 1 heterocycles. The van der Waals surface area contributed by atoms with Crippen LogP contribution < -0.4 is 0 Å². The van der Waals surface area contributed by atoms with Crippen LogP contribution in [0.4, 0.5) is 0 Å². The number of nitrogens with one attached hydrogen (secondary N) is 1. The fourth-order valence-corrected chi connectivity index (χ4v) is 0.259. The topological polar surface area (TPSA) is 41.6 Å². The van der Waals surface area contributed by atoms with Crippen LogP contribution in [0.2, 0.25) is 0 Å². The predicted octanol–water partition coefficient (Wildman–Crippen LogP) is 1.12. The molecule has 0 saturated carbocycles. The molecule has 0 unspecified atom stereocenters. The van der Waals surface area contributed by atoms with Gasteiger partial charge in [0, 0.05) is 6.20 Å². The SMILES string of the molecule is CBr.Cc1c[nH]nn1. The van der Waals surface area contributed by atoms with Crippen LogP contribution >= 0.6 is 15.9 Å². The molecule has 1 aromatic rings. The first-order valence-electron chi connectivity index (χ1n) is 2.10. The van der Waals surface area contributed by atoms with Gasteiger partial charge in [-0.1, -0.05) is 21.1 Å². The summed E-state index contributed by atoms with van der Waals surface area (Å²) in [5.74, 6) is 1.81. The van der Waals surface area contributed by atoms with Gasteiger partial charge in [-0.2, -0.15) is 0 Å². The van der Waals surface area contributed by atoms with E-state index in [9.17, 15) is 0 Å². The molecular weight excluding hydrogens is 170 g/mol. The zero-order valence-electron chi connectivity index (χ0n) is 4.85. The predicted molar refractivity (Wildman–Crippen MR) is 36.0 cm³/mol. The maximum absolute atomic E-state index is 3.61. The summed E-state index contributed by atoms with van der Waals surface area (Å²) in [6.07, 6.45) is 1.74. The van der Waals surface area contributed by atoms with E-state index in [1.807, 2.05) is 12.8 Å². The smallest absolute Gasteiger partial charge is 0.0793 e. The first-order valence-corrected chi connectivity index (χ1v) is 3.69. The minimum Gasteiger partial charge on any atom is -0.265 e. The van der Waals surface area contributed by atoms with Gasteiger partial charge in [-0.05, 0) is 12.8 Å². The molecular formula is C4H8BrN3. The molecule has 0 spiro atoms. The molecule has 46 valence electrons. The third-order valence-electron chi connectivity index (χ3n) is 0.539. The number of hydrogen-bond acceptors (Lipinski definition) is 2. The summed E-state index contributed by atoms with van der Waals surface area (Å²) in [5, 5.41) is 9.63. The lowest BCUT2D eigenvalue weighted by atomic mass is 10.6. The molecule has 0 aliphatic heterocycles. The quantitative estimate of drug-likeness (QED) is 0.605. The first-order chi connectivity index (χ1) is 3.89. The molecule has 3 nitrogen and oxygen atoms in total. The Morgan fingerprint density at radius 2 is 2.25 bits per heavy atom. The van der Waals surface area contributed by atoms with Crippen molar-refractivity contribution in [3.05, 3.63) is 11.9 Å². The summed E-state index contributed by atoms with van der Waals surface area (Å²) >= 11 is 2.94. The Morgan fingerprint density at radius 1 is 1.62 bits per heavy atom. The van der Waals surface area contributed by atoms with E-state index in [0.29, 0.717) is 0 Å². The lowest BCUT2D eigenvalue weighted by Crippen LogP contribution is -1.66. The van der Waals surface area contributed by atoms with Crippen molar-refractivity contribution in [1.82, 2.24) is 15.4 Å². The van der Waals surface area contributed by atoms with E-state index >= 15 is 0 Å². The van der Waals surface area contributed by atoms with E-state index < -0.39 is 0 Å². The molecule has 0 atom stereocenters. The lowest BCUT2D eigenvalue weighted by Gasteiger charge is -1.61. The molecule has 0 radical (unpaired) electrons. The number of alkyl halides is 1. The molecule has 0 amide bonds. The highest BCUT2D eigenvalue weighted by Crippen LogP contribution is 1.77. The van der Waals surface area contributed by atoms with Gasteiger partial charge in [0.1, 0.15) is 0 Å². The summed E-state index contributed by atoms with van der Waals surface area (Å²) < 4.78 is 0. The molecule has 0 bridgehead atoms. The molecule has 0 fully saturated rings. The highest BCUT2D eigenvalue weighted by atomic mass is 79.9. The van der Waals surface area contributed by atoms with Crippen molar-refractivity contribution in [1.29, 1.82) is 0 Å². The van der Waals surface area contributed by atoms with E-state index in [0.717, 1.165) is 5.69 Å². The highest BCUT2D eigenvalue weighted by Gasteiger charge is 1.76. The largest absolute Gasteiger partial charge is 0.265 e. The van der Waals surface area contributed by atoms with Crippen LogP contribution in [0.1, 0.15) is 5.69 Å². The monoisotopic (exact) mass is 177 g/mol. The van der Waals surface area contributed by atoms with Gasteiger partial charge in [-0.15, -0.1) is 5.10 Å². The van der Waals surface area contributed by atoms with Gasteiger partial charge in [0.2, 0.25) is 0 Å². The number of aromatic nitrogens is 3. The number of aryl methyl sites for hydroxylation is 1. The molecule has 1 aromatic heterocycles. The van der Waals surface area contributed by atoms with Crippen LogP contribution in [0.5, 0.6) is 0 Å². The van der Waals surface area contributed by atoms with Crippen LogP contribution in [0, 0.1) is 6.92 Å². The molecule has 0 aliphatic carbocycles. The van der Waals surface area contributed by atoms with Crippen molar-refractivity contribution in [2.24, 2.45) is 0 Å². The fraction of sp³-hybridized carbons (Fsp3) is 0.500. The van der Waals surface area contributed by atoms with E-state index in [2.05, 4.69) is 31.3 Å². The van der Waals surface area contributed by atoms with Gasteiger partial charge in [-0.25, -0.2) is 0 Å². The Bertz CT molecular complexity index is 115. The minimum absolute atomic E-state index is 0.926. The third kappa shape index (κ3) is 2.74. The molecule has 1 rings (SSSR count). The maximum Gasteiger partial charge on any atom is 0.0793 e. The number of nitrogens with zero attached hydrogens (tertiary/aromatic N) is 2. The van der Waals surface area contributed by atoms with Gasteiger partial charge in [0.15, 0.2) is 0 Å². The number of halogens is 1. The number of H-pyrrole nitrogens is 1. The van der Waals surface area contributed by atoms with Crippen molar-refractivity contribution >= 4 is 15.9 Å². The van der Waals surface area contributed by atoms with Crippen LogP contribution in [0.25, 0.3) is 0 Å². The van der Waals surface area contributed by atoms with E-state index in [4.69, 9.17) is 0 Å². The van der Waals surface area contributed by atoms with Gasteiger partial charge < -0.3 is 0 Å². The van der Waals surface area contributed by atoms with Crippen molar-refractivity contribution in [3.63, 3.8) is 0 Å². The van der Waals surface area contributed by atoms with Crippen LogP contribution in [-0.4, -0.2) is 21.2 Å². The second kappa shape index (κ2) is 4.77. The summed E-state index contributed by atoms with van der Waals surface area (Å²) in [4.78, 5) is 0. The fourth-order valence-electron chi connectivity index (χ4n) is 0.259. The van der Waals surface area contributed by atoms with Gasteiger partial charge in [-0.3, -0.25) is 5.10 Å². The Kier molecular flexibility index (Phi) is 4.54. The number of hydrogen-bond donors (Lipinski definition) is 1. The van der Waals surface area contributed by atoms with E-state index in [1.165, 1.54) is 0 Å². The molecule has 0 aliphatic rings. The Labute approximate surface area is 56.6 Å². The summed E-state index contributed by atoms with van der Waals surface area (Å²) in [6.45, 7) is 1.88. The third-order valence-corrected chi connectivity index (χ3v) is 0.539. The zero-order chi connectivity index (χ0) is 6.41. The van der Waals surface area contributed by atoms with E-state index in [-0.39, 0.29) is 0 Å². The van der Waals surface area contributed by atoms with Crippen LogP contribution in [0.3, 0.4) is 0 Å². The zero-order valence-corrected chi connectivity index (χ0v) is 6.44. The Hall–Kier alpha value is -0.380. The molecule has 0 aromatic carbocycles. The van der Waals surface area contributed by atoms with Crippen molar-refractivity contribution < 1.29 is 0 Å². The van der Waals surface area contributed by atoms with E-state index in [1.54, 1.807) is 6.20 Å². The van der Waals surface area contributed by atoms with Crippen molar-refractivity contribution in [2.45, 2.75) is 6.92 Å². The standard InChI is InChI=1S/C3H5N3.CH3Br/c1-3-2-4-6-5-3;1-2/h2H,1H3,(H,4,5,6);1H3. The summed E-state index contributed by atoms with van der Waals surface area (Å²) in [5.41, 5.74) is 0.926. The lowest BCUT2D eigenvalue weighted by molar-refractivity contribution is 0.928. The average molecular weight is 178 g/mol. The van der Waals surface area contributed by atoms with Gasteiger partial charge in [0.05, 0.1) is 5.69 Å². The molecule has 0 saturated heterocycles. The van der Waals surface area contributed by atoms with Crippen LogP contribution in [-0.2, 0) is 0 Å². The van der Waals surface area contributed by atoms with Gasteiger partial charge in [0.25, 0.3) is 0 Å². The summed E-state index contributed by atoms with van der Waals surface area (Å²) in [7, 11) is 0. The highest BCUT2D eigenvalue weighted by molar-refractivity contribution is 9.08. The maximum atomic E-state index is 3.61. The summed E-state index contributed by atoms with van der Waals surface area (Å²) in [6, 6.07) is 0. The van der Waals surface area contributed by atoms with Gasteiger partial charge >= 0.3 is 0 Å². The molecule has 8 heavy (non-hydrogen) atoms. The number of aromatic amines is 1. The average Bonchev–Trinajstić information content (AvgIpc) is 2.24.